The molecule has 0 heterocycles. The first-order valence-corrected chi connectivity index (χ1v) is 6.61. The average Bonchev–Trinajstić information content (AvgIpc) is 2.48. The van der Waals surface area contributed by atoms with Crippen LogP contribution in [0, 0.1) is 37.0 Å². The smallest absolute Gasteiger partial charge is 0.358 e. The van der Waals surface area contributed by atoms with Crippen LogP contribution in [0.15, 0.2) is 0 Å². The molecule has 0 saturated carbocycles. The van der Waals surface area contributed by atoms with E-state index in [0.717, 1.165) is 0 Å². The maximum absolute atomic E-state index is 11.3. The van der Waals surface area contributed by atoms with E-state index in [1.54, 1.807) is 0 Å². The Morgan fingerprint density at radius 1 is 0.727 bits per heavy atom. The van der Waals surface area contributed by atoms with Gasteiger partial charge in [-0.15, -0.1) is 19.3 Å². The molecule has 9 nitrogen and oxygen atoms in total. The number of amides is 3. The van der Waals surface area contributed by atoms with Crippen molar-refractivity contribution in [3.63, 3.8) is 0 Å². The molecule has 0 saturated heterocycles. The van der Waals surface area contributed by atoms with Gasteiger partial charge < -0.3 is 29.5 Å². The first kappa shape index (κ1) is 18.9. The molecular formula is C12H12N3O6P. The van der Waals surface area contributed by atoms with Gasteiger partial charge in [0.05, 0.1) is 19.6 Å². The Hall–Kier alpha value is -3.08. The van der Waals surface area contributed by atoms with E-state index in [4.69, 9.17) is 19.3 Å². The minimum atomic E-state index is -2.67. The van der Waals surface area contributed by atoms with Crippen LogP contribution in [0.25, 0.3) is 0 Å². The summed E-state index contributed by atoms with van der Waals surface area (Å²) < 4.78 is 13.8. The van der Waals surface area contributed by atoms with Crippen molar-refractivity contribution < 1.29 is 28.0 Å². The molecule has 10 heteroatoms. The zero-order valence-electron chi connectivity index (χ0n) is 11.3. The highest BCUT2D eigenvalue weighted by atomic mass is 31.2. The molecule has 116 valence electrons. The van der Waals surface area contributed by atoms with Crippen molar-refractivity contribution in [1.29, 1.82) is 0 Å². The predicted molar refractivity (Wildman–Crippen MR) is 76.9 cm³/mol. The predicted octanol–water partition coefficient (Wildman–Crippen LogP) is 0.292. The van der Waals surface area contributed by atoms with E-state index in [1.807, 2.05) is 0 Å². The fourth-order valence-electron chi connectivity index (χ4n) is 0.725. The van der Waals surface area contributed by atoms with E-state index < -0.39 is 26.9 Å². The molecule has 0 aromatic carbocycles. The van der Waals surface area contributed by atoms with Crippen LogP contribution in [-0.2, 0) is 13.6 Å². The third kappa shape index (κ3) is 9.80. The minimum Gasteiger partial charge on any atom is -0.358 e. The molecule has 0 rings (SSSR count). The SMILES string of the molecule is C#CCNC(=O)OP(OC(=O)NCC#C)OC(=O)NCC#C. The molecule has 22 heavy (non-hydrogen) atoms. The number of nitrogens with one attached hydrogen (secondary N) is 3. The number of terminal acetylenes is 3. The molecule has 0 unspecified atom stereocenters. The van der Waals surface area contributed by atoms with Gasteiger partial charge in [0.2, 0.25) is 0 Å². The quantitative estimate of drug-likeness (QED) is 0.478. The third-order valence-corrected chi connectivity index (χ3v) is 2.42. The van der Waals surface area contributed by atoms with Crippen LogP contribution in [0.4, 0.5) is 14.4 Å². The van der Waals surface area contributed by atoms with E-state index >= 15 is 0 Å². The van der Waals surface area contributed by atoms with Gasteiger partial charge in [-0.2, -0.15) is 0 Å². The highest BCUT2D eigenvalue weighted by molar-refractivity contribution is 7.43. The third-order valence-electron chi connectivity index (χ3n) is 1.48. The summed E-state index contributed by atoms with van der Waals surface area (Å²) in [5.41, 5.74) is 0. The van der Waals surface area contributed by atoms with Crippen LogP contribution in [0.1, 0.15) is 0 Å². The molecule has 0 aliphatic heterocycles. The average molecular weight is 325 g/mol. The molecule has 0 atom stereocenters. The van der Waals surface area contributed by atoms with Crippen LogP contribution in [-0.4, -0.2) is 37.9 Å². The molecule has 0 bridgehead atoms. The van der Waals surface area contributed by atoms with Crippen molar-refractivity contribution in [2.24, 2.45) is 0 Å². The molecule has 0 aromatic rings. The lowest BCUT2D eigenvalue weighted by molar-refractivity contribution is 0.160. The van der Waals surface area contributed by atoms with Crippen molar-refractivity contribution in [2.45, 2.75) is 0 Å². The Balaban J connectivity index is 4.55. The van der Waals surface area contributed by atoms with Crippen molar-refractivity contribution in [3.8, 4) is 37.0 Å². The molecule has 0 radical (unpaired) electrons. The van der Waals surface area contributed by atoms with E-state index in [2.05, 4.69) is 47.3 Å². The van der Waals surface area contributed by atoms with Crippen LogP contribution in [0.2, 0.25) is 0 Å². The number of rotatable bonds is 6. The summed E-state index contributed by atoms with van der Waals surface area (Å²) in [5.74, 6) is 6.36. The highest BCUT2D eigenvalue weighted by Crippen LogP contribution is 2.39. The maximum atomic E-state index is 11.3. The fraction of sp³-hybridized carbons (Fsp3) is 0.250. The van der Waals surface area contributed by atoms with E-state index in [-0.39, 0.29) is 19.6 Å². The van der Waals surface area contributed by atoms with Gasteiger partial charge in [-0.25, -0.2) is 14.4 Å². The lowest BCUT2D eigenvalue weighted by atomic mass is 10.7. The second-order valence-electron chi connectivity index (χ2n) is 3.03. The van der Waals surface area contributed by atoms with Gasteiger partial charge in [-0.05, 0) is 0 Å². The number of carbonyl (C=O) groups is 3. The molecule has 0 aromatic heterocycles. The topological polar surface area (TPSA) is 115 Å². The first-order valence-electron chi connectivity index (χ1n) is 5.51. The summed E-state index contributed by atoms with van der Waals surface area (Å²) in [6.07, 6.45) is 11.7. The van der Waals surface area contributed by atoms with Gasteiger partial charge in [0.15, 0.2) is 0 Å². The molecular weight excluding hydrogens is 313 g/mol. The van der Waals surface area contributed by atoms with Crippen LogP contribution < -0.4 is 16.0 Å². The van der Waals surface area contributed by atoms with Crippen LogP contribution in [0.3, 0.4) is 0 Å². The Morgan fingerprint density at radius 3 is 1.23 bits per heavy atom. The zero-order valence-corrected chi connectivity index (χ0v) is 12.1. The lowest BCUT2D eigenvalue weighted by Gasteiger charge is -2.14. The molecule has 0 fully saturated rings. The van der Waals surface area contributed by atoms with Gasteiger partial charge in [0.25, 0.3) is 0 Å². The summed E-state index contributed by atoms with van der Waals surface area (Å²) >= 11 is 0. The summed E-state index contributed by atoms with van der Waals surface area (Å²) in [4.78, 5) is 33.9. The normalized spacial score (nSPS) is 8.45. The fourth-order valence-corrected chi connectivity index (χ4v) is 1.44. The molecule has 0 aliphatic rings. The van der Waals surface area contributed by atoms with Gasteiger partial charge >= 0.3 is 26.9 Å². The van der Waals surface area contributed by atoms with Crippen LogP contribution >= 0.6 is 8.60 Å². The van der Waals surface area contributed by atoms with E-state index in [0.29, 0.717) is 0 Å². The van der Waals surface area contributed by atoms with Crippen molar-refractivity contribution in [2.75, 3.05) is 19.6 Å². The second-order valence-corrected chi connectivity index (χ2v) is 4.03. The van der Waals surface area contributed by atoms with Crippen molar-refractivity contribution in [3.05, 3.63) is 0 Å². The number of carbonyl (C=O) groups excluding carboxylic acids is 3. The molecule has 3 amide bonds. The number of hydrogen-bond donors (Lipinski definition) is 3. The van der Waals surface area contributed by atoms with Gasteiger partial charge in [-0.1, -0.05) is 17.8 Å². The highest BCUT2D eigenvalue weighted by Gasteiger charge is 2.27. The second kappa shape index (κ2) is 11.7. The lowest BCUT2D eigenvalue weighted by Crippen LogP contribution is -2.29. The van der Waals surface area contributed by atoms with Crippen molar-refractivity contribution >= 4 is 26.9 Å². The molecule has 3 N–H and O–H groups in total. The summed E-state index contributed by atoms with van der Waals surface area (Å²) in [5, 5.41) is 6.38. The van der Waals surface area contributed by atoms with E-state index in [9.17, 15) is 14.4 Å². The first-order chi connectivity index (χ1) is 10.5. The monoisotopic (exact) mass is 325 g/mol. The molecule has 0 aliphatic carbocycles. The largest absolute Gasteiger partial charge is 0.540 e. The number of hydrogen-bond acceptors (Lipinski definition) is 6. The van der Waals surface area contributed by atoms with Gasteiger partial charge in [-0.3, -0.25) is 0 Å². The van der Waals surface area contributed by atoms with Gasteiger partial charge in [0, 0.05) is 0 Å². The summed E-state index contributed by atoms with van der Waals surface area (Å²) in [7, 11) is -2.67. The van der Waals surface area contributed by atoms with Crippen LogP contribution in [0.5, 0.6) is 0 Å². The Bertz CT molecular complexity index is 454. The Labute approximate surface area is 128 Å². The summed E-state index contributed by atoms with van der Waals surface area (Å²) in [6.45, 7) is -0.391. The van der Waals surface area contributed by atoms with Gasteiger partial charge in [0.1, 0.15) is 0 Å². The maximum Gasteiger partial charge on any atom is 0.540 e. The van der Waals surface area contributed by atoms with E-state index in [1.165, 1.54) is 0 Å². The molecule has 0 spiro atoms. The Morgan fingerprint density at radius 2 is 1.00 bits per heavy atom. The standard InChI is InChI=1S/C12H12N3O6P/c1-4-7-13-10(16)19-22(20-11(17)14-8-5-2)21-12(18)15-9-6-3/h1-3H,7-9H2,(H,13,16)(H,14,17)(H,15,18). The Kier molecular flexibility index (Phi) is 10.1. The van der Waals surface area contributed by atoms with Crippen molar-refractivity contribution in [1.82, 2.24) is 16.0 Å². The minimum absolute atomic E-state index is 0.130. The zero-order chi connectivity index (χ0) is 16.8. The summed E-state index contributed by atoms with van der Waals surface area (Å²) in [6, 6.07) is 0.